The van der Waals surface area contributed by atoms with E-state index < -0.39 is 12.2 Å². The van der Waals surface area contributed by atoms with Crippen LogP contribution < -0.4 is 5.43 Å². The van der Waals surface area contributed by atoms with E-state index >= 15 is 0 Å². The first-order chi connectivity index (χ1) is 9.63. The van der Waals surface area contributed by atoms with Crippen LogP contribution in [0.2, 0.25) is 0 Å². The molecule has 0 saturated heterocycles. The Bertz CT molecular complexity index is 706. The van der Waals surface area contributed by atoms with Crippen LogP contribution in [0.15, 0.2) is 44.9 Å². The van der Waals surface area contributed by atoms with E-state index in [1.807, 2.05) is 0 Å². The molecule has 7 heteroatoms. The highest BCUT2D eigenvalue weighted by Crippen LogP contribution is 2.22. The summed E-state index contributed by atoms with van der Waals surface area (Å²) in [4.78, 5) is 14.2. The Balaban J connectivity index is 2.26. The number of rotatable bonds is 5. The van der Waals surface area contributed by atoms with E-state index in [1.54, 1.807) is 12.1 Å². The van der Waals surface area contributed by atoms with Gasteiger partial charge in [0.1, 0.15) is 11.7 Å². The molecule has 2 aromatic rings. The molecule has 0 saturated carbocycles. The quantitative estimate of drug-likeness (QED) is 0.491. The van der Waals surface area contributed by atoms with E-state index in [4.69, 9.17) is 9.95 Å². The van der Waals surface area contributed by atoms with Crippen LogP contribution in [0.3, 0.4) is 0 Å². The second-order valence-electron chi connectivity index (χ2n) is 4.30. The Morgan fingerprint density at radius 2 is 2.15 bits per heavy atom. The van der Waals surface area contributed by atoms with Crippen LogP contribution in [0.5, 0.6) is 0 Å². The molecule has 1 aromatic heterocycles. The number of hydrogen-bond acceptors (Lipinski definition) is 5. The third-order valence-electron chi connectivity index (χ3n) is 2.98. The van der Waals surface area contributed by atoms with Gasteiger partial charge < -0.3 is 14.6 Å². The van der Waals surface area contributed by atoms with E-state index in [2.05, 4.69) is 10.0 Å². The summed E-state index contributed by atoms with van der Waals surface area (Å²) in [5.41, 5.74) is 8.75. The lowest BCUT2D eigenvalue weighted by Crippen LogP contribution is -2.19. The zero-order valence-electron chi connectivity index (χ0n) is 10.5. The number of hydrogen-bond donors (Lipinski definition) is 2. The Hall–Kier alpha value is -2.34. The Morgan fingerprint density at radius 1 is 1.35 bits per heavy atom. The third-order valence-corrected chi connectivity index (χ3v) is 2.98. The van der Waals surface area contributed by atoms with Gasteiger partial charge in [0.2, 0.25) is 0 Å². The monoisotopic (exact) mass is 275 g/mol. The third kappa shape index (κ3) is 2.97. The molecule has 2 unspecified atom stereocenters. The molecule has 20 heavy (non-hydrogen) atoms. The maximum atomic E-state index is 11.7. The molecule has 0 spiro atoms. The molecule has 2 rings (SSSR count). The number of aliphatic hydroxyl groups excluding tert-OH is 2. The summed E-state index contributed by atoms with van der Waals surface area (Å²) in [6, 6.07) is 5.92. The van der Waals surface area contributed by atoms with Crippen molar-refractivity contribution in [2.45, 2.75) is 18.6 Å². The lowest BCUT2D eigenvalue weighted by Gasteiger charge is -2.17. The molecule has 0 radical (unpaired) electrons. The van der Waals surface area contributed by atoms with Crippen molar-refractivity contribution in [2.75, 3.05) is 6.54 Å². The van der Waals surface area contributed by atoms with Crippen molar-refractivity contribution in [1.82, 2.24) is 0 Å². The summed E-state index contributed by atoms with van der Waals surface area (Å²) in [5, 5.41) is 23.5. The maximum absolute atomic E-state index is 11.7. The summed E-state index contributed by atoms with van der Waals surface area (Å²) in [6.45, 7) is 0.0877. The first kappa shape index (κ1) is 14.1. The van der Waals surface area contributed by atoms with Crippen molar-refractivity contribution in [3.63, 3.8) is 0 Å². The van der Waals surface area contributed by atoms with E-state index in [1.165, 1.54) is 18.4 Å². The predicted octanol–water partition coefficient (Wildman–Crippen LogP) is 1.89. The SMILES string of the molecule is [N-]=[N+]=NCCC(O)C(O)c1ccc2occc(=O)c2c1. The van der Waals surface area contributed by atoms with Crippen LogP contribution in [-0.2, 0) is 0 Å². The summed E-state index contributed by atoms with van der Waals surface area (Å²) in [7, 11) is 0. The van der Waals surface area contributed by atoms with Gasteiger partial charge in [0.15, 0.2) is 5.43 Å². The van der Waals surface area contributed by atoms with Crippen LogP contribution in [0, 0.1) is 0 Å². The zero-order valence-corrected chi connectivity index (χ0v) is 10.5. The molecular weight excluding hydrogens is 262 g/mol. The highest BCUT2D eigenvalue weighted by molar-refractivity contribution is 5.76. The van der Waals surface area contributed by atoms with Gasteiger partial charge in [-0.15, -0.1) is 0 Å². The normalized spacial score (nSPS) is 13.7. The van der Waals surface area contributed by atoms with Gasteiger partial charge >= 0.3 is 0 Å². The summed E-state index contributed by atoms with van der Waals surface area (Å²) >= 11 is 0. The van der Waals surface area contributed by atoms with Crippen LogP contribution in [0.25, 0.3) is 21.4 Å². The molecule has 2 atom stereocenters. The molecule has 1 heterocycles. The maximum Gasteiger partial charge on any atom is 0.192 e. The lowest BCUT2D eigenvalue weighted by molar-refractivity contribution is 0.0151. The van der Waals surface area contributed by atoms with Crippen molar-refractivity contribution in [3.05, 3.63) is 56.8 Å². The van der Waals surface area contributed by atoms with Crippen molar-refractivity contribution < 1.29 is 14.6 Å². The number of nitrogens with zero attached hydrogens (tertiary/aromatic N) is 3. The van der Waals surface area contributed by atoms with Crippen LogP contribution >= 0.6 is 0 Å². The fourth-order valence-electron chi connectivity index (χ4n) is 1.90. The minimum absolute atomic E-state index is 0.0877. The first-order valence-corrected chi connectivity index (χ1v) is 6.02. The topological polar surface area (TPSA) is 119 Å². The average Bonchev–Trinajstić information content (AvgIpc) is 2.47. The molecule has 0 amide bonds. The fraction of sp³-hybridized carbons (Fsp3) is 0.308. The molecular formula is C13H13N3O4. The van der Waals surface area contributed by atoms with Crippen molar-refractivity contribution in [2.24, 2.45) is 5.11 Å². The van der Waals surface area contributed by atoms with Crippen molar-refractivity contribution in [3.8, 4) is 0 Å². The molecule has 7 nitrogen and oxygen atoms in total. The smallest absolute Gasteiger partial charge is 0.192 e. The standard InChI is InChI=1S/C13H13N3O4/c14-16-15-5-3-11(18)13(19)8-1-2-12-9(7-8)10(17)4-6-20-12/h1-2,4,6-7,11,13,18-19H,3,5H2. The van der Waals surface area contributed by atoms with E-state index in [-0.39, 0.29) is 18.4 Å². The number of aliphatic hydroxyl groups is 2. The predicted molar refractivity (Wildman–Crippen MR) is 72.1 cm³/mol. The molecule has 0 aliphatic rings. The summed E-state index contributed by atoms with van der Waals surface area (Å²) in [5.74, 6) is 0. The van der Waals surface area contributed by atoms with Gasteiger partial charge in [0.05, 0.1) is 17.8 Å². The molecule has 0 fully saturated rings. The van der Waals surface area contributed by atoms with Gasteiger partial charge in [-0.25, -0.2) is 0 Å². The van der Waals surface area contributed by atoms with Crippen molar-refractivity contribution in [1.29, 1.82) is 0 Å². The Morgan fingerprint density at radius 3 is 2.90 bits per heavy atom. The Labute approximate surface area is 113 Å². The summed E-state index contributed by atoms with van der Waals surface area (Å²) in [6.07, 6.45) is -0.802. The molecule has 104 valence electrons. The Kier molecular flexibility index (Phi) is 4.37. The van der Waals surface area contributed by atoms with Crippen LogP contribution in [0.4, 0.5) is 0 Å². The van der Waals surface area contributed by atoms with Gasteiger partial charge in [-0.2, -0.15) is 0 Å². The number of fused-ring (bicyclic) bond motifs is 1. The van der Waals surface area contributed by atoms with E-state index in [0.29, 0.717) is 16.5 Å². The first-order valence-electron chi connectivity index (χ1n) is 6.02. The molecule has 0 bridgehead atoms. The van der Waals surface area contributed by atoms with Crippen LogP contribution in [0.1, 0.15) is 18.1 Å². The highest BCUT2D eigenvalue weighted by Gasteiger charge is 2.18. The summed E-state index contributed by atoms with van der Waals surface area (Å²) < 4.78 is 5.17. The minimum Gasteiger partial charge on any atom is -0.464 e. The van der Waals surface area contributed by atoms with E-state index in [9.17, 15) is 15.0 Å². The van der Waals surface area contributed by atoms with Gasteiger partial charge in [0.25, 0.3) is 0 Å². The van der Waals surface area contributed by atoms with Crippen LogP contribution in [-0.4, -0.2) is 22.9 Å². The average molecular weight is 275 g/mol. The van der Waals surface area contributed by atoms with Gasteiger partial charge in [-0.05, 0) is 29.6 Å². The number of azide groups is 1. The molecule has 0 aliphatic heterocycles. The van der Waals surface area contributed by atoms with Gasteiger partial charge in [-0.1, -0.05) is 11.2 Å². The second-order valence-corrected chi connectivity index (χ2v) is 4.30. The molecule has 0 aliphatic carbocycles. The van der Waals surface area contributed by atoms with E-state index in [0.717, 1.165) is 0 Å². The van der Waals surface area contributed by atoms with Gasteiger partial charge in [-0.3, -0.25) is 4.79 Å². The van der Waals surface area contributed by atoms with Crippen molar-refractivity contribution >= 4 is 11.0 Å². The fourth-order valence-corrected chi connectivity index (χ4v) is 1.90. The molecule has 2 N–H and O–H groups in total. The molecule has 1 aromatic carbocycles. The lowest BCUT2D eigenvalue weighted by atomic mass is 10.0. The number of benzene rings is 1. The zero-order chi connectivity index (χ0) is 14.5. The van der Waals surface area contributed by atoms with Gasteiger partial charge in [0, 0.05) is 17.5 Å². The largest absolute Gasteiger partial charge is 0.464 e. The second kappa shape index (κ2) is 6.21. The highest BCUT2D eigenvalue weighted by atomic mass is 16.3. The minimum atomic E-state index is -1.16.